The molecule has 1 N–H and O–H groups in total. The van der Waals surface area contributed by atoms with Crippen molar-refractivity contribution in [3.8, 4) is 5.75 Å². The topological polar surface area (TPSA) is 38.3 Å². The van der Waals surface area contributed by atoms with Crippen LogP contribution in [0.5, 0.6) is 5.75 Å². The predicted molar refractivity (Wildman–Crippen MR) is 55.4 cm³/mol. The second-order valence-electron chi connectivity index (χ2n) is 3.62. The minimum absolute atomic E-state index is 0.0367. The summed E-state index contributed by atoms with van der Waals surface area (Å²) in [7, 11) is 0. The van der Waals surface area contributed by atoms with Gasteiger partial charge in [0.05, 0.1) is 0 Å². The van der Waals surface area contributed by atoms with Gasteiger partial charge in [-0.1, -0.05) is 6.07 Å². The third kappa shape index (κ3) is 3.58. The van der Waals surface area contributed by atoms with E-state index in [-0.39, 0.29) is 11.8 Å². The number of carbonyl (C=O) groups excluding carboxylic acids is 1. The van der Waals surface area contributed by atoms with Crippen molar-refractivity contribution in [3.05, 3.63) is 29.6 Å². The predicted octanol–water partition coefficient (Wildman–Crippen LogP) is 2.63. The molecule has 0 aliphatic heterocycles. The molecule has 0 unspecified atom stereocenters. The fourth-order valence-corrected chi connectivity index (χ4v) is 1.05. The summed E-state index contributed by atoms with van der Waals surface area (Å²) >= 11 is 0. The Hall–Kier alpha value is -1.58. The monoisotopic (exact) mass is 211 g/mol. The Bertz CT molecular complexity index is 364. The van der Waals surface area contributed by atoms with Crippen molar-refractivity contribution in [2.45, 2.75) is 26.8 Å². The SMILES string of the molecule is Cc1ccc(F)c(OC(=O)NC(C)C)c1. The first kappa shape index (κ1) is 11.5. The molecule has 0 heterocycles. The molecule has 0 spiro atoms. The number of ether oxygens (including phenoxy) is 1. The van der Waals surface area contributed by atoms with Gasteiger partial charge in [0.15, 0.2) is 11.6 Å². The number of hydrogen-bond donors (Lipinski definition) is 1. The summed E-state index contributed by atoms with van der Waals surface area (Å²) in [6.45, 7) is 5.40. The van der Waals surface area contributed by atoms with Gasteiger partial charge in [0, 0.05) is 6.04 Å². The molecular formula is C11H14FNO2. The van der Waals surface area contributed by atoms with Gasteiger partial charge in [-0.3, -0.25) is 0 Å². The Morgan fingerprint density at radius 2 is 2.13 bits per heavy atom. The quantitative estimate of drug-likeness (QED) is 0.816. The standard InChI is InChI=1S/C11H14FNO2/c1-7(2)13-11(14)15-10-6-8(3)4-5-9(10)12/h4-7H,1-3H3,(H,13,14). The van der Waals surface area contributed by atoms with Crippen LogP contribution in [0.3, 0.4) is 0 Å². The number of benzene rings is 1. The zero-order valence-electron chi connectivity index (χ0n) is 9.00. The molecule has 0 aliphatic rings. The maximum Gasteiger partial charge on any atom is 0.412 e. The summed E-state index contributed by atoms with van der Waals surface area (Å²) < 4.78 is 18.0. The number of rotatable bonds is 2. The highest BCUT2D eigenvalue weighted by molar-refractivity contribution is 5.70. The zero-order valence-corrected chi connectivity index (χ0v) is 9.00. The van der Waals surface area contributed by atoms with Crippen molar-refractivity contribution in [1.29, 1.82) is 0 Å². The van der Waals surface area contributed by atoms with E-state index in [1.807, 2.05) is 0 Å². The van der Waals surface area contributed by atoms with Crippen LogP contribution in [0.25, 0.3) is 0 Å². The number of nitrogens with one attached hydrogen (secondary N) is 1. The third-order valence-corrected chi connectivity index (χ3v) is 1.70. The summed E-state index contributed by atoms with van der Waals surface area (Å²) in [5, 5.41) is 2.51. The summed E-state index contributed by atoms with van der Waals surface area (Å²) in [4.78, 5) is 11.2. The lowest BCUT2D eigenvalue weighted by molar-refractivity contribution is 0.195. The van der Waals surface area contributed by atoms with Crippen LogP contribution < -0.4 is 10.1 Å². The molecule has 15 heavy (non-hydrogen) atoms. The van der Waals surface area contributed by atoms with Crippen LogP contribution >= 0.6 is 0 Å². The summed E-state index contributed by atoms with van der Waals surface area (Å²) in [5.41, 5.74) is 0.837. The zero-order chi connectivity index (χ0) is 11.4. The molecule has 1 amide bonds. The van der Waals surface area contributed by atoms with Crippen LogP contribution in [0.1, 0.15) is 19.4 Å². The molecule has 1 aromatic rings. The average Bonchev–Trinajstić information content (AvgIpc) is 2.10. The lowest BCUT2D eigenvalue weighted by Gasteiger charge is -2.09. The second kappa shape index (κ2) is 4.77. The van der Waals surface area contributed by atoms with E-state index in [1.54, 1.807) is 26.8 Å². The van der Waals surface area contributed by atoms with E-state index < -0.39 is 11.9 Å². The van der Waals surface area contributed by atoms with Gasteiger partial charge in [-0.15, -0.1) is 0 Å². The molecule has 4 heteroatoms. The summed E-state index contributed by atoms with van der Waals surface area (Å²) in [5.74, 6) is -0.590. The van der Waals surface area contributed by atoms with E-state index >= 15 is 0 Å². The molecule has 0 radical (unpaired) electrons. The Kier molecular flexibility index (Phi) is 3.66. The Morgan fingerprint density at radius 1 is 1.47 bits per heavy atom. The highest BCUT2D eigenvalue weighted by Gasteiger charge is 2.09. The van der Waals surface area contributed by atoms with Gasteiger partial charge in [0.1, 0.15) is 0 Å². The van der Waals surface area contributed by atoms with E-state index in [4.69, 9.17) is 4.74 Å². The smallest absolute Gasteiger partial charge is 0.407 e. The van der Waals surface area contributed by atoms with E-state index in [2.05, 4.69) is 5.32 Å². The van der Waals surface area contributed by atoms with Gasteiger partial charge in [0.2, 0.25) is 0 Å². The van der Waals surface area contributed by atoms with Crippen LogP contribution in [0.2, 0.25) is 0 Å². The molecular weight excluding hydrogens is 197 g/mol. The molecule has 0 fully saturated rings. The van der Waals surface area contributed by atoms with Gasteiger partial charge in [-0.25, -0.2) is 9.18 Å². The van der Waals surface area contributed by atoms with Crippen molar-refractivity contribution in [1.82, 2.24) is 5.32 Å². The summed E-state index contributed by atoms with van der Waals surface area (Å²) in [6, 6.07) is 4.33. The Morgan fingerprint density at radius 3 is 2.73 bits per heavy atom. The first-order valence-electron chi connectivity index (χ1n) is 4.73. The molecule has 0 aliphatic carbocycles. The van der Waals surface area contributed by atoms with Crippen LogP contribution in [-0.4, -0.2) is 12.1 Å². The lowest BCUT2D eigenvalue weighted by atomic mass is 10.2. The minimum Gasteiger partial charge on any atom is -0.407 e. The van der Waals surface area contributed by atoms with Crippen molar-refractivity contribution < 1.29 is 13.9 Å². The second-order valence-corrected chi connectivity index (χ2v) is 3.62. The van der Waals surface area contributed by atoms with Crippen LogP contribution in [0, 0.1) is 12.7 Å². The molecule has 1 aromatic carbocycles. The molecule has 82 valence electrons. The van der Waals surface area contributed by atoms with Crippen molar-refractivity contribution >= 4 is 6.09 Å². The molecule has 0 saturated heterocycles. The van der Waals surface area contributed by atoms with E-state index in [1.165, 1.54) is 12.1 Å². The van der Waals surface area contributed by atoms with Crippen LogP contribution in [0.4, 0.5) is 9.18 Å². The number of hydrogen-bond acceptors (Lipinski definition) is 2. The normalized spacial score (nSPS) is 10.2. The lowest BCUT2D eigenvalue weighted by Crippen LogP contribution is -2.32. The number of aryl methyl sites for hydroxylation is 1. The fraction of sp³-hybridized carbons (Fsp3) is 0.364. The van der Waals surface area contributed by atoms with Gasteiger partial charge < -0.3 is 10.1 Å². The minimum atomic E-state index is -0.644. The maximum absolute atomic E-state index is 13.2. The Balaban J connectivity index is 2.71. The van der Waals surface area contributed by atoms with Gasteiger partial charge >= 0.3 is 6.09 Å². The molecule has 0 aromatic heterocycles. The average molecular weight is 211 g/mol. The van der Waals surface area contributed by atoms with Gasteiger partial charge in [-0.2, -0.15) is 0 Å². The maximum atomic E-state index is 13.2. The molecule has 1 rings (SSSR count). The highest BCUT2D eigenvalue weighted by atomic mass is 19.1. The first-order valence-corrected chi connectivity index (χ1v) is 4.73. The molecule has 0 saturated carbocycles. The fourth-order valence-electron chi connectivity index (χ4n) is 1.05. The van der Waals surface area contributed by atoms with E-state index in [9.17, 15) is 9.18 Å². The van der Waals surface area contributed by atoms with Crippen molar-refractivity contribution in [2.75, 3.05) is 0 Å². The van der Waals surface area contributed by atoms with Crippen molar-refractivity contribution in [3.63, 3.8) is 0 Å². The van der Waals surface area contributed by atoms with Crippen LogP contribution in [-0.2, 0) is 0 Å². The first-order chi connectivity index (χ1) is 6.99. The van der Waals surface area contributed by atoms with Gasteiger partial charge in [-0.05, 0) is 38.5 Å². The van der Waals surface area contributed by atoms with Gasteiger partial charge in [0.25, 0.3) is 0 Å². The van der Waals surface area contributed by atoms with Crippen molar-refractivity contribution in [2.24, 2.45) is 0 Å². The third-order valence-electron chi connectivity index (χ3n) is 1.70. The number of halogens is 1. The number of carbonyl (C=O) groups is 1. The molecule has 0 bridgehead atoms. The van der Waals surface area contributed by atoms with Crippen LogP contribution in [0.15, 0.2) is 18.2 Å². The largest absolute Gasteiger partial charge is 0.412 e. The number of amides is 1. The highest BCUT2D eigenvalue weighted by Crippen LogP contribution is 2.18. The molecule has 3 nitrogen and oxygen atoms in total. The Labute approximate surface area is 88.2 Å². The summed E-state index contributed by atoms with van der Waals surface area (Å²) in [6.07, 6.45) is -0.644. The molecule has 0 atom stereocenters. The van der Waals surface area contributed by atoms with E-state index in [0.717, 1.165) is 5.56 Å². The van der Waals surface area contributed by atoms with E-state index in [0.29, 0.717) is 0 Å².